The first-order valence-corrected chi connectivity index (χ1v) is 8.49. The average Bonchev–Trinajstić information content (AvgIpc) is 3.24. The summed E-state index contributed by atoms with van der Waals surface area (Å²) in [5, 5.41) is 7.16. The quantitative estimate of drug-likeness (QED) is 0.871. The number of hydrogen-bond acceptors (Lipinski definition) is 6. The molecule has 0 aliphatic carbocycles. The number of halogens is 1. The van der Waals surface area contributed by atoms with Gasteiger partial charge in [-0.1, -0.05) is 0 Å². The van der Waals surface area contributed by atoms with Crippen LogP contribution in [0.15, 0.2) is 24.4 Å². The number of aromatic nitrogens is 1. The van der Waals surface area contributed by atoms with Gasteiger partial charge in [0.25, 0.3) is 5.91 Å². The molecule has 24 heavy (non-hydrogen) atoms. The molecule has 1 amide bonds. The number of carbonyl (C=O) groups is 1. The van der Waals surface area contributed by atoms with Crippen LogP contribution in [0.4, 0.5) is 0 Å². The fraction of sp³-hybridized carbons (Fsp3) is 0.375. The van der Waals surface area contributed by atoms with E-state index >= 15 is 0 Å². The van der Waals surface area contributed by atoms with Crippen LogP contribution in [0.25, 0.3) is 10.6 Å². The van der Waals surface area contributed by atoms with Crippen molar-refractivity contribution in [1.29, 1.82) is 0 Å². The van der Waals surface area contributed by atoms with Crippen molar-refractivity contribution >= 4 is 29.7 Å². The lowest BCUT2D eigenvalue weighted by molar-refractivity contribution is 0.0934. The number of amides is 1. The molecule has 6 nitrogen and oxygen atoms in total. The van der Waals surface area contributed by atoms with Crippen LogP contribution in [0.5, 0.6) is 11.5 Å². The Kier molecular flexibility index (Phi) is 5.23. The van der Waals surface area contributed by atoms with Gasteiger partial charge in [-0.3, -0.25) is 4.79 Å². The Labute approximate surface area is 150 Å². The van der Waals surface area contributed by atoms with E-state index in [4.69, 9.17) is 9.47 Å². The number of fused-ring (bicyclic) bond motifs is 1. The molecule has 4 rings (SSSR count). The Morgan fingerprint density at radius 1 is 1.33 bits per heavy atom. The number of hydrogen-bond donors (Lipinski definition) is 2. The molecule has 0 bridgehead atoms. The fourth-order valence-corrected chi connectivity index (χ4v) is 3.59. The molecule has 3 heterocycles. The van der Waals surface area contributed by atoms with E-state index in [0.717, 1.165) is 48.0 Å². The van der Waals surface area contributed by atoms with E-state index < -0.39 is 0 Å². The number of thiazole rings is 1. The highest BCUT2D eigenvalue weighted by Crippen LogP contribution is 2.36. The highest BCUT2D eigenvalue weighted by atomic mass is 35.5. The zero-order valence-electron chi connectivity index (χ0n) is 12.9. The van der Waals surface area contributed by atoms with Gasteiger partial charge in [-0.15, -0.1) is 23.7 Å². The average molecular weight is 368 g/mol. The molecular weight excluding hydrogens is 350 g/mol. The maximum atomic E-state index is 12.3. The zero-order chi connectivity index (χ0) is 15.6. The van der Waals surface area contributed by atoms with Crippen LogP contribution >= 0.6 is 23.7 Å². The molecule has 2 N–H and O–H groups in total. The smallest absolute Gasteiger partial charge is 0.263 e. The van der Waals surface area contributed by atoms with Crippen LogP contribution < -0.4 is 20.1 Å². The van der Waals surface area contributed by atoms with E-state index in [1.165, 1.54) is 11.3 Å². The first kappa shape index (κ1) is 17.0. The summed E-state index contributed by atoms with van der Waals surface area (Å²) in [7, 11) is 0. The Balaban J connectivity index is 0.00000169. The lowest BCUT2D eigenvalue weighted by Gasteiger charge is -2.23. The molecule has 2 aliphatic rings. The van der Waals surface area contributed by atoms with Gasteiger partial charge in [-0.2, -0.15) is 0 Å². The summed E-state index contributed by atoms with van der Waals surface area (Å²) in [6.07, 6.45) is 3.75. The molecule has 128 valence electrons. The Hall–Kier alpha value is -1.83. The summed E-state index contributed by atoms with van der Waals surface area (Å²) >= 11 is 1.39. The minimum atomic E-state index is -0.0526. The summed E-state index contributed by atoms with van der Waals surface area (Å²) < 4.78 is 10.7. The molecule has 0 spiro atoms. The third-order valence-electron chi connectivity index (χ3n) is 3.98. The van der Waals surface area contributed by atoms with Crippen molar-refractivity contribution < 1.29 is 14.3 Å². The van der Waals surface area contributed by atoms with Crippen molar-refractivity contribution in [3.63, 3.8) is 0 Å². The molecule has 1 saturated heterocycles. The van der Waals surface area contributed by atoms with Crippen molar-refractivity contribution in [1.82, 2.24) is 15.6 Å². The first-order chi connectivity index (χ1) is 11.3. The summed E-state index contributed by atoms with van der Waals surface area (Å²) in [5.74, 6) is 1.41. The van der Waals surface area contributed by atoms with Crippen LogP contribution in [-0.2, 0) is 0 Å². The lowest BCUT2D eigenvalue weighted by Crippen LogP contribution is -2.45. The number of ether oxygens (including phenoxy) is 2. The molecule has 1 atom stereocenters. The van der Waals surface area contributed by atoms with Gasteiger partial charge in [0, 0.05) is 18.2 Å². The molecule has 0 saturated carbocycles. The Bertz CT molecular complexity index is 731. The monoisotopic (exact) mass is 367 g/mol. The Morgan fingerprint density at radius 2 is 2.21 bits per heavy atom. The van der Waals surface area contributed by atoms with Crippen molar-refractivity contribution in [2.45, 2.75) is 18.9 Å². The highest BCUT2D eigenvalue weighted by molar-refractivity contribution is 7.16. The zero-order valence-corrected chi connectivity index (χ0v) is 14.5. The van der Waals surface area contributed by atoms with E-state index in [1.54, 1.807) is 6.20 Å². The maximum Gasteiger partial charge on any atom is 0.263 e. The van der Waals surface area contributed by atoms with Crippen LogP contribution in [-0.4, -0.2) is 36.8 Å². The molecular formula is C16H18ClN3O3S. The minimum Gasteiger partial charge on any atom is -0.454 e. The standard InChI is InChI=1S/C16H17N3O3S.ClH/c20-15(19-11-2-1-5-17-7-11)14-8-18-16(23-14)10-3-4-12-13(6-10)22-9-21-12;/h3-4,6,8,11,17H,1-2,5,7,9H2,(H,19,20);1H. The topological polar surface area (TPSA) is 72.5 Å². The predicted molar refractivity (Wildman–Crippen MR) is 94.3 cm³/mol. The van der Waals surface area contributed by atoms with E-state index in [2.05, 4.69) is 15.6 Å². The van der Waals surface area contributed by atoms with E-state index in [0.29, 0.717) is 4.88 Å². The summed E-state index contributed by atoms with van der Waals surface area (Å²) in [4.78, 5) is 17.3. The van der Waals surface area contributed by atoms with Gasteiger partial charge in [0.15, 0.2) is 11.5 Å². The van der Waals surface area contributed by atoms with Crippen molar-refractivity contribution in [2.75, 3.05) is 19.9 Å². The lowest BCUT2D eigenvalue weighted by atomic mass is 10.1. The molecule has 2 aliphatic heterocycles. The SMILES string of the molecule is Cl.O=C(NC1CCCNC1)c1cnc(-c2ccc3c(c2)OCO3)s1. The molecule has 1 fully saturated rings. The van der Waals surface area contributed by atoms with Gasteiger partial charge in [0.05, 0.1) is 6.20 Å². The van der Waals surface area contributed by atoms with Crippen molar-refractivity contribution in [2.24, 2.45) is 0 Å². The third-order valence-corrected chi connectivity index (χ3v) is 5.03. The molecule has 1 aromatic heterocycles. The number of rotatable bonds is 3. The number of carbonyl (C=O) groups excluding carboxylic acids is 1. The molecule has 1 aromatic carbocycles. The molecule has 0 radical (unpaired) electrons. The Morgan fingerprint density at radius 3 is 3.04 bits per heavy atom. The number of benzene rings is 1. The van der Waals surface area contributed by atoms with Gasteiger partial charge in [0.1, 0.15) is 9.88 Å². The largest absolute Gasteiger partial charge is 0.454 e. The fourth-order valence-electron chi connectivity index (χ4n) is 2.77. The second-order valence-electron chi connectivity index (χ2n) is 5.61. The summed E-state index contributed by atoms with van der Waals surface area (Å²) in [5.41, 5.74) is 0.928. The van der Waals surface area contributed by atoms with Gasteiger partial charge in [-0.25, -0.2) is 4.98 Å². The summed E-state index contributed by atoms with van der Waals surface area (Å²) in [6, 6.07) is 5.90. The summed E-state index contributed by atoms with van der Waals surface area (Å²) in [6.45, 7) is 2.11. The second kappa shape index (κ2) is 7.38. The molecule has 1 unspecified atom stereocenters. The van der Waals surface area contributed by atoms with Gasteiger partial charge in [-0.05, 0) is 37.6 Å². The number of nitrogens with one attached hydrogen (secondary N) is 2. The normalized spacial score (nSPS) is 18.8. The van der Waals surface area contributed by atoms with Gasteiger partial charge in [0.2, 0.25) is 6.79 Å². The van der Waals surface area contributed by atoms with E-state index in [9.17, 15) is 4.79 Å². The van der Waals surface area contributed by atoms with Crippen LogP contribution in [0.1, 0.15) is 22.5 Å². The van der Waals surface area contributed by atoms with E-state index in [1.807, 2.05) is 18.2 Å². The minimum absolute atomic E-state index is 0. The van der Waals surface area contributed by atoms with E-state index in [-0.39, 0.29) is 31.1 Å². The van der Waals surface area contributed by atoms with Crippen molar-refractivity contribution in [3.05, 3.63) is 29.3 Å². The predicted octanol–water partition coefficient (Wildman–Crippen LogP) is 2.44. The van der Waals surface area contributed by atoms with Gasteiger partial charge < -0.3 is 20.1 Å². The maximum absolute atomic E-state index is 12.3. The van der Waals surface area contributed by atoms with Crippen molar-refractivity contribution in [3.8, 4) is 22.1 Å². The first-order valence-electron chi connectivity index (χ1n) is 7.67. The number of piperidine rings is 1. The second-order valence-corrected chi connectivity index (χ2v) is 6.65. The van der Waals surface area contributed by atoms with Crippen LogP contribution in [0.2, 0.25) is 0 Å². The van der Waals surface area contributed by atoms with Crippen LogP contribution in [0, 0.1) is 0 Å². The third kappa shape index (κ3) is 3.48. The van der Waals surface area contributed by atoms with Crippen LogP contribution in [0.3, 0.4) is 0 Å². The number of nitrogens with zero attached hydrogens (tertiary/aromatic N) is 1. The highest BCUT2D eigenvalue weighted by Gasteiger charge is 2.19. The van der Waals surface area contributed by atoms with Gasteiger partial charge >= 0.3 is 0 Å². The molecule has 2 aromatic rings. The molecule has 8 heteroatoms.